The summed E-state index contributed by atoms with van der Waals surface area (Å²) in [4.78, 5) is 26.3. The molecule has 0 aromatic carbocycles. The molecule has 0 radical (unpaired) electrons. The highest BCUT2D eigenvalue weighted by molar-refractivity contribution is 7.12. The second-order valence-corrected chi connectivity index (χ2v) is 6.66. The molecule has 0 aliphatic carbocycles. The van der Waals surface area contributed by atoms with Crippen molar-refractivity contribution in [2.75, 3.05) is 19.6 Å². The number of rotatable bonds is 4. The molecule has 1 aliphatic rings. The van der Waals surface area contributed by atoms with Crippen molar-refractivity contribution in [3.63, 3.8) is 0 Å². The van der Waals surface area contributed by atoms with Crippen LogP contribution in [0.25, 0.3) is 0 Å². The molecule has 1 fully saturated rings. The van der Waals surface area contributed by atoms with Gasteiger partial charge < -0.3 is 15.3 Å². The Balaban J connectivity index is 1.73. The Morgan fingerprint density at radius 1 is 1.43 bits per heavy atom. The number of carbonyl (C=O) groups is 2. The summed E-state index contributed by atoms with van der Waals surface area (Å²) < 4.78 is 0. The van der Waals surface area contributed by atoms with Crippen molar-refractivity contribution in [2.45, 2.75) is 38.2 Å². The van der Waals surface area contributed by atoms with Gasteiger partial charge in [0.1, 0.15) is 0 Å². The first-order valence-electron chi connectivity index (χ1n) is 7.30. The van der Waals surface area contributed by atoms with E-state index in [1.165, 1.54) is 11.3 Å². The van der Waals surface area contributed by atoms with Crippen molar-refractivity contribution in [1.82, 2.24) is 10.2 Å². The topological polar surface area (TPSA) is 69.6 Å². The maximum atomic E-state index is 12.1. The molecule has 1 unspecified atom stereocenters. The molecule has 2 rings (SSSR count). The monoisotopic (exact) mass is 310 g/mol. The van der Waals surface area contributed by atoms with Crippen LogP contribution in [0.1, 0.15) is 42.3 Å². The molecule has 2 amide bonds. The lowest BCUT2D eigenvalue weighted by atomic mass is 9.98. The molecule has 1 aliphatic heterocycles. The van der Waals surface area contributed by atoms with E-state index in [-0.39, 0.29) is 11.8 Å². The Labute approximate surface area is 129 Å². The first-order valence-corrected chi connectivity index (χ1v) is 8.18. The Bertz CT molecular complexity index is 485. The van der Waals surface area contributed by atoms with Gasteiger partial charge in [0.15, 0.2) is 0 Å². The highest BCUT2D eigenvalue weighted by atomic mass is 32.1. The van der Waals surface area contributed by atoms with Crippen molar-refractivity contribution in [2.24, 2.45) is 0 Å². The van der Waals surface area contributed by atoms with Gasteiger partial charge in [-0.25, -0.2) is 0 Å². The zero-order valence-corrected chi connectivity index (χ0v) is 13.1. The van der Waals surface area contributed by atoms with Gasteiger partial charge in [-0.15, -0.1) is 11.3 Å². The molecule has 2 heterocycles. The van der Waals surface area contributed by atoms with Crippen molar-refractivity contribution >= 4 is 23.2 Å². The van der Waals surface area contributed by atoms with Crippen molar-refractivity contribution in [3.05, 3.63) is 22.4 Å². The van der Waals surface area contributed by atoms with Crippen LogP contribution < -0.4 is 5.32 Å². The number of hydrogen-bond acceptors (Lipinski definition) is 4. The van der Waals surface area contributed by atoms with E-state index in [9.17, 15) is 14.7 Å². The van der Waals surface area contributed by atoms with Gasteiger partial charge in [-0.3, -0.25) is 9.59 Å². The summed E-state index contributed by atoms with van der Waals surface area (Å²) in [5.74, 6) is -0.0872. The van der Waals surface area contributed by atoms with Crippen LogP contribution >= 0.6 is 11.3 Å². The molecular weight excluding hydrogens is 288 g/mol. The van der Waals surface area contributed by atoms with E-state index in [1.807, 2.05) is 18.4 Å². The van der Waals surface area contributed by atoms with Gasteiger partial charge in [0, 0.05) is 26.1 Å². The summed E-state index contributed by atoms with van der Waals surface area (Å²) in [5.41, 5.74) is -0.664. The van der Waals surface area contributed by atoms with Crippen LogP contribution in [0.15, 0.2) is 17.5 Å². The Hall–Kier alpha value is -1.40. The minimum atomic E-state index is -0.664. The van der Waals surface area contributed by atoms with Crippen molar-refractivity contribution in [3.8, 4) is 0 Å². The van der Waals surface area contributed by atoms with Gasteiger partial charge >= 0.3 is 0 Å². The summed E-state index contributed by atoms with van der Waals surface area (Å²) in [6.45, 7) is 3.45. The molecule has 0 bridgehead atoms. The predicted octanol–water partition coefficient (Wildman–Crippen LogP) is 1.63. The average Bonchev–Trinajstić information content (AvgIpc) is 2.90. The second kappa shape index (κ2) is 7.04. The molecule has 116 valence electrons. The zero-order chi connectivity index (χ0) is 15.3. The van der Waals surface area contributed by atoms with Crippen LogP contribution in [0.4, 0.5) is 0 Å². The number of thiophene rings is 1. The SMILES string of the molecule is CC1(O)CCCN(C(=O)CCNC(=O)c2cccs2)CC1. The molecule has 6 heteroatoms. The largest absolute Gasteiger partial charge is 0.390 e. The van der Waals surface area contributed by atoms with Crippen LogP contribution in [0.2, 0.25) is 0 Å². The molecule has 1 atom stereocenters. The van der Waals surface area contributed by atoms with Crippen LogP contribution in [0.3, 0.4) is 0 Å². The Kier molecular flexibility index (Phi) is 5.36. The van der Waals surface area contributed by atoms with E-state index in [0.717, 1.165) is 12.8 Å². The van der Waals surface area contributed by atoms with Crippen LogP contribution in [-0.2, 0) is 4.79 Å². The van der Waals surface area contributed by atoms with E-state index in [2.05, 4.69) is 5.32 Å². The van der Waals surface area contributed by atoms with E-state index in [1.54, 1.807) is 11.0 Å². The van der Waals surface area contributed by atoms with E-state index >= 15 is 0 Å². The van der Waals surface area contributed by atoms with Gasteiger partial charge in [-0.2, -0.15) is 0 Å². The highest BCUT2D eigenvalue weighted by Gasteiger charge is 2.26. The van der Waals surface area contributed by atoms with Crippen LogP contribution in [0.5, 0.6) is 0 Å². The highest BCUT2D eigenvalue weighted by Crippen LogP contribution is 2.21. The van der Waals surface area contributed by atoms with Gasteiger partial charge in [0.2, 0.25) is 5.91 Å². The number of amides is 2. The second-order valence-electron chi connectivity index (χ2n) is 5.71. The standard InChI is InChI=1S/C15H22N2O3S/c1-15(20)6-3-9-17(10-7-15)13(18)5-8-16-14(19)12-4-2-11-21-12/h2,4,11,20H,3,5-10H2,1H3,(H,16,19). The molecule has 0 spiro atoms. The molecule has 5 nitrogen and oxygen atoms in total. The number of likely N-dealkylation sites (tertiary alicyclic amines) is 1. The number of carbonyl (C=O) groups excluding carboxylic acids is 2. The fraction of sp³-hybridized carbons (Fsp3) is 0.600. The average molecular weight is 310 g/mol. The summed E-state index contributed by atoms with van der Waals surface area (Å²) in [5, 5.41) is 14.6. The normalized spacial score (nSPS) is 22.7. The van der Waals surface area contributed by atoms with Crippen molar-refractivity contribution < 1.29 is 14.7 Å². The van der Waals surface area contributed by atoms with Crippen molar-refractivity contribution in [1.29, 1.82) is 0 Å². The number of nitrogens with zero attached hydrogens (tertiary/aromatic N) is 1. The predicted molar refractivity (Wildman–Crippen MR) is 82.3 cm³/mol. The van der Waals surface area contributed by atoms with E-state index < -0.39 is 5.60 Å². The third-order valence-corrected chi connectivity index (χ3v) is 4.65. The summed E-state index contributed by atoms with van der Waals surface area (Å²) in [6.07, 6.45) is 2.46. The third kappa shape index (κ3) is 4.82. The maximum absolute atomic E-state index is 12.1. The number of nitrogens with one attached hydrogen (secondary N) is 1. The fourth-order valence-electron chi connectivity index (χ4n) is 2.45. The minimum Gasteiger partial charge on any atom is -0.390 e. The van der Waals surface area contributed by atoms with Gasteiger partial charge in [-0.1, -0.05) is 6.07 Å². The number of aliphatic hydroxyl groups is 1. The smallest absolute Gasteiger partial charge is 0.261 e. The molecule has 0 saturated carbocycles. The lowest BCUT2D eigenvalue weighted by Crippen LogP contribution is -2.36. The number of hydrogen-bond donors (Lipinski definition) is 2. The lowest BCUT2D eigenvalue weighted by molar-refractivity contribution is -0.131. The van der Waals surface area contributed by atoms with Gasteiger partial charge in [0.25, 0.3) is 5.91 Å². The molecular formula is C15H22N2O3S. The Morgan fingerprint density at radius 2 is 2.24 bits per heavy atom. The quantitative estimate of drug-likeness (QED) is 0.888. The summed E-state index contributed by atoms with van der Waals surface area (Å²) >= 11 is 1.39. The first kappa shape index (κ1) is 16.0. The molecule has 2 N–H and O–H groups in total. The van der Waals surface area contributed by atoms with Gasteiger partial charge in [-0.05, 0) is 37.6 Å². The fourth-order valence-corrected chi connectivity index (χ4v) is 3.09. The summed E-state index contributed by atoms with van der Waals surface area (Å²) in [6, 6.07) is 3.59. The van der Waals surface area contributed by atoms with Crippen LogP contribution in [-0.4, -0.2) is 47.1 Å². The lowest BCUT2D eigenvalue weighted by Gasteiger charge is -2.22. The third-order valence-electron chi connectivity index (χ3n) is 3.79. The maximum Gasteiger partial charge on any atom is 0.261 e. The summed E-state index contributed by atoms with van der Waals surface area (Å²) in [7, 11) is 0. The molecule has 1 aromatic heterocycles. The van der Waals surface area contributed by atoms with Crippen LogP contribution in [0, 0.1) is 0 Å². The molecule has 21 heavy (non-hydrogen) atoms. The van der Waals surface area contributed by atoms with E-state index in [0.29, 0.717) is 37.4 Å². The first-order chi connectivity index (χ1) is 9.98. The minimum absolute atomic E-state index is 0.0409. The zero-order valence-electron chi connectivity index (χ0n) is 12.3. The van der Waals surface area contributed by atoms with Gasteiger partial charge in [0.05, 0.1) is 10.5 Å². The molecule has 1 saturated heterocycles. The molecule has 1 aromatic rings. The Morgan fingerprint density at radius 3 is 2.95 bits per heavy atom. The van der Waals surface area contributed by atoms with E-state index in [4.69, 9.17) is 0 Å².